The minimum Gasteiger partial charge on any atom is -0.497 e. The summed E-state index contributed by atoms with van der Waals surface area (Å²) in [6.45, 7) is 1.24. The molecule has 4 rings (SSSR count). The van der Waals surface area contributed by atoms with Crippen molar-refractivity contribution >= 4 is 31.6 Å². The second kappa shape index (κ2) is 12.5. The Bertz CT molecular complexity index is 1470. The van der Waals surface area contributed by atoms with Gasteiger partial charge < -0.3 is 14.8 Å². The number of hydrogen-bond acceptors (Lipinski definition) is 7. The van der Waals surface area contributed by atoms with Crippen molar-refractivity contribution in [2.75, 3.05) is 38.1 Å². The molecule has 1 saturated heterocycles. The summed E-state index contributed by atoms with van der Waals surface area (Å²) in [4.78, 5) is 12.5. The van der Waals surface area contributed by atoms with Crippen LogP contribution >= 0.6 is 0 Å². The molecule has 0 unspecified atom stereocenters. The van der Waals surface area contributed by atoms with Crippen molar-refractivity contribution in [3.8, 4) is 11.5 Å². The molecule has 0 aliphatic carbocycles. The maximum Gasteiger partial charge on any atom is 0.261 e. The van der Waals surface area contributed by atoms with Crippen molar-refractivity contribution in [1.82, 2.24) is 9.62 Å². The van der Waals surface area contributed by atoms with Gasteiger partial charge in [-0.25, -0.2) is 16.8 Å². The molecule has 1 aliphatic rings. The fourth-order valence-electron chi connectivity index (χ4n) is 4.04. The van der Waals surface area contributed by atoms with Gasteiger partial charge in [0.1, 0.15) is 11.5 Å². The van der Waals surface area contributed by atoms with E-state index in [9.17, 15) is 21.6 Å². The molecule has 0 spiro atoms. The van der Waals surface area contributed by atoms with Crippen LogP contribution in [0.2, 0.25) is 0 Å². The van der Waals surface area contributed by atoms with E-state index >= 15 is 0 Å². The number of ether oxygens (including phenoxy) is 2. The summed E-state index contributed by atoms with van der Waals surface area (Å²) in [5.41, 5.74) is 1.30. The van der Waals surface area contributed by atoms with Crippen LogP contribution < -0.4 is 19.5 Å². The maximum absolute atomic E-state index is 12.6. The lowest BCUT2D eigenvalue weighted by Crippen LogP contribution is -2.30. The Hall–Kier alpha value is -3.61. The van der Waals surface area contributed by atoms with Crippen molar-refractivity contribution in [3.63, 3.8) is 0 Å². The number of rotatable bonds is 12. The zero-order chi connectivity index (χ0) is 27.9. The van der Waals surface area contributed by atoms with Crippen LogP contribution in [0, 0.1) is 0 Å². The molecule has 0 atom stereocenters. The van der Waals surface area contributed by atoms with E-state index < -0.39 is 20.0 Å². The van der Waals surface area contributed by atoms with Gasteiger partial charge in [0, 0.05) is 25.3 Å². The number of anilines is 1. The number of carbonyl (C=O) groups is 1. The highest BCUT2D eigenvalue weighted by molar-refractivity contribution is 7.92. The third-order valence-electron chi connectivity index (χ3n) is 6.21. The standard InChI is InChI=1S/C27H31N3O7S2/c1-36-23-8-6-22(7-9-23)29-38(32,33)25-14-10-24(11-15-25)37-20-27(31)28-17-16-21-4-12-26(13-5-21)39(34,35)30-18-2-3-19-30/h4-15,29H,2-3,16-20H2,1H3,(H,28,31). The van der Waals surface area contributed by atoms with Gasteiger partial charge in [-0.15, -0.1) is 0 Å². The molecule has 2 N–H and O–H groups in total. The van der Waals surface area contributed by atoms with Crippen LogP contribution in [0.1, 0.15) is 18.4 Å². The molecule has 0 saturated carbocycles. The van der Waals surface area contributed by atoms with Gasteiger partial charge >= 0.3 is 0 Å². The van der Waals surface area contributed by atoms with E-state index in [4.69, 9.17) is 9.47 Å². The van der Waals surface area contributed by atoms with Gasteiger partial charge in [0.05, 0.1) is 16.9 Å². The van der Waals surface area contributed by atoms with Crippen molar-refractivity contribution in [2.45, 2.75) is 29.1 Å². The lowest BCUT2D eigenvalue weighted by Gasteiger charge is -2.15. The average Bonchev–Trinajstić information content (AvgIpc) is 3.49. The van der Waals surface area contributed by atoms with E-state index in [1.165, 1.54) is 35.7 Å². The normalized spacial score (nSPS) is 14.1. The van der Waals surface area contributed by atoms with Gasteiger partial charge in [-0.2, -0.15) is 4.31 Å². The minimum atomic E-state index is -3.80. The second-order valence-corrected chi connectivity index (χ2v) is 12.6. The predicted octanol–water partition coefficient (Wildman–Crippen LogP) is 3.02. The Labute approximate surface area is 229 Å². The molecule has 1 amide bonds. The summed E-state index contributed by atoms with van der Waals surface area (Å²) < 4.78 is 65.0. The SMILES string of the molecule is COc1ccc(NS(=O)(=O)c2ccc(OCC(=O)NCCc3ccc(S(=O)(=O)N4CCCC4)cc3)cc2)cc1. The molecule has 12 heteroatoms. The largest absolute Gasteiger partial charge is 0.497 e. The Morgan fingerprint density at radius 3 is 2.03 bits per heavy atom. The fraction of sp³-hybridized carbons (Fsp3) is 0.296. The number of carbonyl (C=O) groups excluding carboxylic acids is 1. The summed E-state index contributed by atoms with van der Waals surface area (Å²) >= 11 is 0. The average molecular weight is 574 g/mol. The number of hydrogen-bond donors (Lipinski definition) is 2. The molecule has 39 heavy (non-hydrogen) atoms. The second-order valence-electron chi connectivity index (χ2n) is 8.95. The summed E-state index contributed by atoms with van der Waals surface area (Å²) in [6.07, 6.45) is 2.30. The number of nitrogens with one attached hydrogen (secondary N) is 2. The lowest BCUT2D eigenvalue weighted by atomic mass is 10.1. The molecule has 0 aromatic heterocycles. The van der Waals surface area contributed by atoms with Gasteiger partial charge in [0.2, 0.25) is 10.0 Å². The Morgan fingerprint density at radius 1 is 0.821 bits per heavy atom. The van der Waals surface area contributed by atoms with Crippen molar-refractivity contribution in [3.05, 3.63) is 78.4 Å². The maximum atomic E-state index is 12.6. The molecule has 0 bridgehead atoms. The van der Waals surface area contributed by atoms with Gasteiger partial charge in [0.25, 0.3) is 15.9 Å². The van der Waals surface area contributed by atoms with Gasteiger partial charge in [-0.1, -0.05) is 12.1 Å². The molecule has 3 aromatic rings. The van der Waals surface area contributed by atoms with Crippen LogP contribution in [0.4, 0.5) is 5.69 Å². The summed E-state index contributed by atoms with van der Waals surface area (Å²) in [7, 11) is -5.71. The van der Waals surface area contributed by atoms with E-state index in [0.29, 0.717) is 43.2 Å². The Morgan fingerprint density at radius 2 is 1.41 bits per heavy atom. The highest BCUT2D eigenvalue weighted by Gasteiger charge is 2.26. The van der Waals surface area contributed by atoms with Crippen LogP contribution in [0.25, 0.3) is 0 Å². The predicted molar refractivity (Wildman–Crippen MR) is 147 cm³/mol. The molecule has 10 nitrogen and oxygen atoms in total. The van der Waals surface area contributed by atoms with Crippen LogP contribution in [0.5, 0.6) is 11.5 Å². The highest BCUT2D eigenvalue weighted by Crippen LogP contribution is 2.22. The van der Waals surface area contributed by atoms with Crippen molar-refractivity contribution in [1.29, 1.82) is 0 Å². The Kier molecular flexibility index (Phi) is 9.10. The topological polar surface area (TPSA) is 131 Å². The number of benzene rings is 3. The number of nitrogens with zero attached hydrogens (tertiary/aromatic N) is 1. The molecular weight excluding hydrogens is 542 g/mol. The first-order valence-electron chi connectivity index (χ1n) is 12.4. The first kappa shape index (κ1) is 28.4. The van der Waals surface area contributed by atoms with Crippen LogP contribution in [-0.2, 0) is 31.3 Å². The van der Waals surface area contributed by atoms with Crippen LogP contribution in [0.15, 0.2) is 82.6 Å². The summed E-state index contributed by atoms with van der Waals surface area (Å²) in [6, 6.07) is 19.0. The molecule has 1 fully saturated rings. The first-order chi connectivity index (χ1) is 18.7. The molecule has 0 radical (unpaired) electrons. The van der Waals surface area contributed by atoms with E-state index in [-0.39, 0.29) is 22.3 Å². The van der Waals surface area contributed by atoms with Crippen molar-refractivity contribution < 1.29 is 31.1 Å². The quantitative estimate of drug-likeness (QED) is 0.341. The van der Waals surface area contributed by atoms with E-state index in [2.05, 4.69) is 10.0 Å². The first-order valence-corrected chi connectivity index (χ1v) is 15.4. The molecular formula is C27H31N3O7S2. The molecule has 1 aliphatic heterocycles. The zero-order valence-corrected chi connectivity index (χ0v) is 23.1. The zero-order valence-electron chi connectivity index (χ0n) is 21.5. The summed E-state index contributed by atoms with van der Waals surface area (Å²) in [5.74, 6) is 0.632. The number of sulfonamides is 2. The molecule has 3 aromatic carbocycles. The van der Waals surface area contributed by atoms with E-state index in [0.717, 1.165) is 18.4 Å². The minimum absolute atomic E-state index is 0.0503. The Balaban J connectivity index is 1.21. The smallest absolute Gasteiger partial charge is 0.261 e. The lowest BCUT2D eigenvalue weighted by molar-refractivity contribution is -0.123. The van der Waals surface area contributed by atoms with Crippen LogP contribution in [0.3, 0.4) is 0 Å². The molecule has 1 heterocycles. The van der Waals surface area contributed by atoms with Gasteiger partial charge in [0.15, 0.2) is 6.61 Å². The fourth-order valence-corrected chi connectivity index (χ4v) is 6.62. The number of amides is 1. The summed E-state index contributed by atoms with van der Waals surface area (Å²) in [5, 5.41) is 2.76. The van der Waals surface area contributed by atoms with E-state index in [1.54, 1.807) is 48.5 Å². The molecule has 208 valence electrons. The van der Waals surface area contributed by atoms with Gasteiger partial charge in [-0.05, 0) is 85.5 Å². The third-order valence-corrected chi connectivity index (χ3v) is 9.52. The number of methoxy groups -OCH3 is 1. The van der Waals surface area contributed by atoms with E-state index in [1.807, 2.05) is 0 Å². The van der Waals surface area contributed by atoms with Crippen molar-refractivity contribution in [2.24, 2.45) is 0 Å². The highest BCUT2D eigenvalue weighted by atomic mass is 32.2. The monoisotopic (exact) mass is 573 g/mol. The third kappa shape index (κ3) is 7.49. The van der Waals surface area contributed by atoms with Gasteiger partial charge in [-0.3, -0.25) is 9.52 Å². The van der Waals surface area contributed by atoms with Crippen LogP contribution in [-0.4, -0.2) is 60.4 Å².